The number of aromatic nitrogens is 3. The Hall–Kier alpha value is -3.67. The van der Waals surface area contributed by atoms with Gasteiger partial charge in [-0.2, -0.15) is 0 Å². The first kappa shape index (κ1) is 26.9. The maximum Gasteiger partial charge on any atom is 0.328 e. The highest BCUT2D eigenvalue weighted by molar-refractivity contribution is 7.90. The molecule has 0 saturated carbocycles. The van der Waals surface area contributed by atoms with Gasteiger partial charge in [-0.05, 0) is 23.8 Å². The molecule has 13 heteroatoms. The summed E-state index contributed by atoms with van der Waals surface area (Å²) < 4.78 is 35.3. The maximum absolute atomic E-state index is 13.7. The van der Waals surface area contributed by atoms with Gasteiger partial charge in [-0.1, -0.05) is 41.4 Å². The Labute approximate surface area is 233 Å². The molecule has 1 aliphatic heterocycles. The lowest BCUT2D eigenvalue weighted by Crippen LogP contribution is -2.43. The van der Waals surface area contributed by atoms with Gasteiger partial charge >= 0.3 is 5.97 Å². The van der Waals surface area contributed by atoms with Gasteiger partial charge in [0.1, 0.15) is 17.5 Å². The molecule has 1 aliphatic rings. The molecule has 0 fully saturated rings. The average Bonchev–Trinajstić information content (AvgIpc) is 3.47. The van der Waals surface area contributed by atoms with E-state index in [9.17, 15) is 18.0 Å². The molecule has 0 spiro atoms. The molecule has 0 bridgehead atoms. The van der Waals surface area contributed by atoms with Crippen molar-refractivity contribution in [2.24, 2.45) is 0 Å². The van der Waals surface area contributed by atoms with Gasteiger partial charge in [0.25, 0.3) is 5.91 Å². The Morgan fingerprint density at radius 3 is 2.54 bits per heavy atom. The summed E-state index contributed by atoms with van der Waals surface area (Å²) in [5, 5.41) is 0.746. The lowest BCUT2D eigenvalue weighted by molar-refractivity contribution is -0.146. The van der Waals surface area contributed by atoms with E-state index >= 15 is 0 Å². The summed E-state index contributed by atoms with van der Waals surface area (Å²) in [7, 11) is -1.27. The van der Waals surface area contributed by atoms with Crippen molar-refractivity contribution in [3.8, 4) is 17.0 Å². The molecule has 1 atom stereocenters. The lowest BCUT2D eigenvalue weighted by atomic mass is 10.0. The van der Waals surface area contributed by atoms with E-state index in [2.05, 4.69) is 15.0 Å². The topological polar surface area (TPSA) is 132 Å². The van der Waals surface area contributed by atoms with E-state index in [-0.39, 0.29) is 40.1 Å². The number of H-pyrrole nitrogens is 1. The number of fused-ring (bicyclic) bond motifs is 2. The first-order valence-electron chi connectivity index (χ1n) is 11.6. The van der Waals surface area contributed by atoms with Crippen molar-refractivity contribution in [3.63, 3.8) is 0 Å². The zero-order chi connectivity index (χ0) is 28.1. The number of amides is 1. The van der Waals surface area contributed by atoms with Crippen LogP contribution in [0.25, 0.3) is 22.2 Å². The number of methoxy groups -OCH3 is 2. The van der Waals surface area contributed by atoms with Gasteiger partial charge < -0.3 is 19.4 Å². The van der Waals surface area contributed by atoms with E-state index in [0.717, 1.165) is 22.7 Å². The highest BCUT2D eigenvalue weighted by Gasteiger charge is 2.41. The predicted octanol–water partition coefficient (Wildman–Crippen LogP) is 4.08. The van der Waals surface area contributed by atoms with Crippen LogP contribution >= 0.6 is 23.2 Å². The van der Waals surface area contributed by atoms with Crippen molar-refractivity contribution in [2.75, 3.05) is 20.5 Å². The molecule has 1 unspecified atom stereocenters. The fourth-order valence-corrected chi connectivity index (χ4v) is 5.71. The number of nitrogens with zero attached hydrogens (tertiary/aromatic N) is 3. The van der Waals surface area contributed by atoms with Crippen molar-refractivity contribution in [1.29, 1.82) is 0 Å². The molecule has 3 heterocycles. The number of rotatable bonds is 7. The third-order valence-electron chi connectivity index (χ3n) is 6.54. The highest BCUT2D eigenvalue weighted by atomic mass is 35.5. The smallest absolute Gasteiger partial charge is 0.328 e. The number of ether oxygens (including phenoxy) is 2. The number of hydrogen-bond acceptors (Lipinski definition) is 8. The SMILES string of the molecule is COC(=O)C(Cc1c[nH]c2ccccc12)N1Cc2c(nc(S(C)(=O)=O)nc2-c2cc(OC)c(Cl)cc2Cl)C1=O. The predicted molar refractivity (Wildman–Crippen MR) is 145 cm³/mol. The maximum atomic E-state index is 13.7. The Kier molecular flexibility index (Phi) is 7.00. The standard InChI is InChI=1S/C26H22Cl2N4O6S/c1-37-21-9-15(17(27)10-18(21)28)22-16-12-32(24(33)23(16)31-26(30-22)39(3,35)36)20(25(34)38-2)8-13-11-29-19-7-5-4-6-14(13)19/h4-7,9-11,20,29H,8,12H2,1-3H3. The van der Waals surface area contributed by atoms with Crippen molar-refractivity contribution in [1.82, 2.24) is 19.9 Å². The second-order valence-electron chi connectivity index (χ2n) is 8.96. The number of esters is 1. The largest absolute Gasteiger partial charge is 0.495 e. The van der Waals surface area contributed by atoms with Crippen molar-refractivity contribution < 1.29 is 27.5 Å². The summed E-state index contributed by atoms with van der Waals surface area (Å²) in [5.74, 6) is -0.992. The molecular formula is C26H22Cl2N4O6S. The number of aromatic amines is 1. The van der Waals surface area contributed by atoms with Crippen LogP contribution in [0.3, 0.4) is 0 Å². The molecule has 1 N–H and O–H groups in total. The molecule has 202 valence electrons. The number of nitrogens with one attached hydrogen (secondary N) is 1. The second-order valence-corrected chi connectivity index (χ2v) is 11.7. The third kappa shape index (κ3) is 4.81. The fraction of sp³-hybridized carbons (Fsp3) is 0.231. The first-order chi connectivity index (χ1) is 18.5. The number of hydrogen-bond donors (Lipinski definition) is 1. The molecule has 0 saturated heterocycles. The van der Waals surface area contributed by atoms with Crippen LogP contribution in [-0.4, -0.2) is 66.7 Å². The number of carbonyl (C=O) groups is 2. The number of benzene rings is 2. The van der Waals surface area contributed by atoms with Gasteiger partial charge in [-0.25, -0.2) is 23.2 Å². The summed E-state index contributed by atoms with van der Waals surface area (Å²) in [6.45, 7) is -0.0864. The van der Waals surface area contributed by atoms with Crippen LogP contribution in [0.5, 0.6) is 5.75 Å². The monoisotopic (exact) mass is 588 g/mol. The zero-order valence-corrected chi connectivity index (χ0v) is 23.3. The molecular weight excluding hydrogens is 567 g/mol. The summed E-state index contributed by atoms with van der Waals surface area (Å²) in [6.07, 6.45) is 2.86. The van der Waals surface area contributed by atoms with Crippen LogP contribution in [0.1, 0.15) is 21.6 Å². The minimum Gasteiger partial charge on any atom is -0.495 e. The van der Waals surface area contributed by atoms with E-state index < -0.39 is 32.9 Å². The van der Waals surface area contributed by atoms with Gasteiger partial charge in [0, 0.05) is 40.9 Å². The van der Waals surface area contributed by atoms with E-state index in [1.807, 2.05) is 24.3 Å². The highest BCUT2D eigenvalue weighted by Crippen LogP contribution is 2.40. The van der Waals surface area contributed by atoms with Gasteiger partial charge in [-0.3, -0.25) is 4.79 Å². The molecule has 1 amide bonds. The molecule has 2 aromatic heterocycles. The van der Waals surface area contributed by atoms with E-state index in [0.29, 0.717) is 11.1 Å². The summed E-state index contributed by atoms with van der Waals surface area (Å²) in [5.41, 5.74) is 2.27. The van der Waals surface area contributed by atoms with Crippen molar-refractivity contribution in [3.05, 3.63) is 69.5 Å². The van der Waals surface area contributed by atoms with Gasteiger partial charge in [0.05, 0.1) is 36.5 Å². The number of carbonyl (C=O) groups excluding carboxylic acids is 2. The van der Waals surface area contributed by atoms with E-state index in [1.54, 1.807) is 6.20 Å². The van der Waals surface area contributed by atoms with Crippen molar-refractivity contribution >= 4 is 55.8 Å². The molecule has 4 aromatic rings. The van der Waals surface area contributed by atoms with Gasteiger partial charge in [0.2, 0.25) is 15.0 Å². The molecule has 5 rings (SSSR count). The minimum atomic E-state index is -3.93. The Morgan fingerprint density at radius 1 is 1.13 bits per heavy atom. The van der Waals surface area contributed by atoms with Crippen LogP contribution in [0, 0.1) is 0 Å². The van der Waals surface area contributed by atoms with Crippen LogP contribution < -0.4 is 4.74 Å². The minimum absolute atomic E-state index is 0.0864. The van der Waals surface area contributed by atoms with Crippen LogP contribution in [0.2, 0.25) is 10.0 Å². The fourth-order valence-electron chi connectivity index (χ4n) is 4.64. The first-order valence-corrected chi connectivity index (χ1v) is 14.3. The van der Waals surface area contributed by atoms with E-state index in [4.69, 9.17) is 32.7 Å². The van der Waals surface area contributed by atoms with Gasteiger partial charge in [0.15, 0.2) is 0 Å². The normalized spacial score (nSPS) is 14.0. The Bertz CT molecular complexity index is 1750. The van der Waals surface area contributed by atoms with Crippen LogP contribution in [-0.2, 0) is 32.3 Å². The molecule has 10 nitrogen and oxygen atoms in total. The number of para-hydroxylation sites is 1. The third-order valence-corrected chi connectivity index (χ3v) is 8.00. The van der Waals surface area contributed by atoms with Gasteiger partial charge in [-0.15, -0.1) is 0 Å². The van der Waals surface area contributed by atoms with Crippen LogP contribution in [0.4, 0.5) is 0 Å². The average molecular weight is 589 g/mol. The second kappa shape index (κ2) is 10.1. The Morgan fingerprint density at radius 2 is 1.85 bits per heavy atom. The number of halogens is 2. The summed E-state index contributed by atoms with van der Waals surface area (Å²) >= 11 is 12.7. The molecule has 0 aliphatic carbocycles. The number of sulfone groups is 1. The lowest BCUT2D eigenvalue weighted by Gasteiger charge is -2.25. The molecule has 0 radical (unpaired) electrons. The van der Waals surface area contributed by atoms with E-state index in [1.165, 1.54) is 31.3 Å². The summed E-state index contributed by atoms with van der Waals surface area (Å²) in [6, 6.07) is 9.50. The molecule has 39 heavy (non-hydrogen) atoms. The Balaban J connectivity index is 1.64. The molecule has 2 aromatic carbocycles. The quantitative estimate of drug-likeness (QED) is 0.252. The van der Waals surface area contributed by atoms with Crippen molar-refractivity contribution in [2.45, 2.75) is 24.2 Å². The summed E-state index contributed by atoms with van der Waals surface area (Å²) in [4.78, 5) is 39.6. The van der Waals surface area contributed by atoms with Crippen LogP contribution in [0.15, 0.2) is 47.8 Å². The zero-order valence-electron chi connectivity index (χ0n) is 21.0.